The number of hydrogen-bond donors (Lipinski definition) is 0. The molecule has 0 spiro atoms. The van der Waals surface area contributed by atoms with E-state index in [9.17, 15) is 4.79 Å². The molecule has 6 nitrogen and oxygen atoms in total. The Kier molecular flexibility index (Phi) is 6.41. The highest BCUT2D eigenvalue weighted by molar-refractivity contribution is 7.13. The van der Waals surface area contributed by atoms with Crippen molar-refractivity contribution < 1.29 is 19.0 Å². The van der Waals surface area contributed by atoms with Crippen molar-refractivity contribution in [1.82, 2.24) is 9.88 Å². The number of nitrogens with zero attached hydrogens (tertiary/aromatic N) is 2. The zero-order chi connectivity index (χ0) is 23.7. The monoisotopic (exact) mass is 494 g/mol. The highest BCUT2D eigenvalue weighted by Gasteiger charge is 2.22. The minimum absolute atomic E-state index is 0.0297. The van der Waals surface area contributed by atoms with Gasteiger partial charge in [0.15, 0.2) is 11.5 Å². The molecule has 34 heavy (non-hydrogen) atoms. The van der Waals surface area contributed by atoms with Gasteiger partial charge >= 0.3 is 0 Å². The van der Waals surface area contributed by atoms with Gasteiger partial charge < -0.3 is 19.1 Å². The van der Waals surface area contributed by atoms with E-state index in [1.165, 1.54) is 11.3 Å². The van der Waals surface area contributed by atoms with Gasteiger partial charge in [-0.25, -0.2) is 4.98 Å². The van der Waals surface area contributed by atoms with Gasteiger partial charge in [-0.2, -0.15) is 0 Å². The molecule has 8 heteroatoms. The maximum Gasteiger partial charge on any atom is 0.264 e. The topological polar surface area (TPSA) is 60.9 Å². The van der Waals surface area contributed by atoms with Gasteiger partial charge in [-0.3, -0.25) is 4.79 Å². The molecule has 1 aliphatic heterocycles. The maximum atomic E-state index is 13.4. The van der Waals surface area contributed by atoms with Gasteiger partial charge in [-0.15, -0.1) is 11.3 Å². The molecule has 0 radical (unpaired) electrons. The van der Waals surface area contributed by atoms with Gasteiger partial charge in [0.25, 0.3) is 5.91 Å². The summed E-state index contributed by atoms with van der Waals surface area (Å²) in [5.74, 6) is 1.34. The third-order valence-electron chi connectivity index (χ3n) is 5.65. The molecule has 3 heterocycles. The third kappa shape index (κ3) is 4.59. The normalized spacial score (nSPS) is 12.3. The quantitative estimate of drug-likeness (QED) is 0.318. The Labute approximate surface area is 206 Å². The van der Waals surface area contributed by atoms with Crippen LogP contribution in [0.3, 0.4) is 0 Å². The summed E-state index contributed by atoms with van der Waals surface area (Å²) >= 11 is 7.80. The second-order valence-electron chi connectivity index (χ2n) is 8.03. The van der Waals surface area contributed by atoms with E-state index in [1.54, 1.807) is 12.0 Å². The van der Waals surface area contributed by atoms with E-state index >= 15 is 0 Å². The summed E-state index contributed by atoms with van der Waals surface area (Å²) in [6.45, 7) is 3.45. The first-order chi connectivity index (χ1) is 16.5. The summed E-state index contributed by atoms with van der Waals surface area (Å²) in [6, 6.07) is 17.3. The fourth-order valence-electron chi connectivity index (χ4n) is 3.98. The van der Waals surface area contributed by atoms with E-state index in [0.29, 0.717) is 41.1 Å². The molecule has 1 aliphatic rings. The summed E-state index contributed by atoms with van der Waals surface area (Å²) in [7, 11) is 1.63. The van der Waals surface area contributed by atoms with Crippen LogP contribution in [0.25, 0.3) is 22.2 Å². The van der Waals surface area contributed by atoms with Crippen LogP contribution < -0.4 is 9.47 Å². The number of methoxy groups -OCH3 is 1. The largest absolute Gasteiger partial charge is 0.454 e. The van der Waals surface area contributed by atoms with Crippen molar-refractivity contribution in [2.45, 2.75) is 13.5 Å². The van der Waals surface area contributed by atoms with E-state index in [-0.39, 0.29) is 12.7 Å². The number of hydrogen-bond acceptors (Lipinski definition) is 6. The van der Waals surface area contributed by atoms with Gasteiger partial charge in [0.2, 0.25) is 6.79 Å². The second-order valence-corrected chi connectivity index (χ2v) is 9.76. The lowest BCUT2D eigenvalue weighted by Crippen LogP contribution is -2.33. The molecule has 174 valence electrons. The molecule has 0 aliphatic carbocycles. The van der Waals surface area contributed by atoms with Crippen LogP contribution in [0.5, 0.6) is 11.5 Å². The zero-order valence-corrected chi connectivity index (χ0v) is 20.4. The number of thiophene rings is 1. The van der Waals surface area contributed by atoms with Gasteiger partial charge in [-0.05, 0) is 48.9 Å². The summed E-state index contributed by atoms with van der Waals surface area (Å²) in [5.41, 5.74) is 3.35. The Hall–Kier alpha value is -3.13. The predicted molar refractivity (Wildman–Crippen MR) is 134 cm³/mol. The molecule has 2 aromatic carbocycles. The number of amides is 1. The van der Waals surface area contributed by atoms with Crippen LogP contribution in [0.15, 0.2) is 54.6 Å². The fourth-order valence-corrected chi connectivity index (χ4v) is 5.00. The van der Waals surface area contributed by atoms with E-state index in [2.05, 4.69) is 6.07 Å². The zero-order valence-electron chi connectivity index (χ0n) is 18.8. The fraction of sp³-hybridized carbons (Fsp3) is 0.231. The van der Waals surface area contributed by atoms with Crippen LogP contribution in [0.1, 0.15) is 20.1 Å². The molecule has 5 rings (SSSR count). The standard InChI is InChI=1S/C26H23ClN2O4S/c1-16-6-7-24(34-16)26(30)29(8-9-31-2)14-19-10-18-12-22-23(33-15-32-22)13-21(18)28-25(19)17-4-3-5-20(27)11-17/h3-7,10-13H,8-9,14-15H2,1-2H3. The smallest absolute Gasteiger partial charge is 0.264 e. The molecule has 1 amide bonds. The van der Waals surface area contributed by atoms with Gasteiger partial charge in [0.05, 0.1) is 22.7 Å². The molecule has 0 saturated heterocycles. The summed E-state index contributed by atoms with van der Waals surface area (Å²) in [5, 5.41) is 1.54. The van der Waals surface area contributed by atoms with Crippen LogP contribution in [0.2, 0.25) is 5.02 Å². The van der Waals surface area contributed by atoms with E-state index < -0.39 is 0 Å². The van der Waals surface area contributed by atoms with Gasteiger partial charge in [-0.1, -0.05) is 23.7 Å². The highest BCUT2D eigenvalue weighted by Crippen LogP contribution is 2.37. The number of benzene rings is 2. The average Bonchev–Trinajstić information content (AvgIpc) is 3.47. The molecular weight excluding hydrogens is 472 g/mol. The van der Waals surface area contributed by atoms with E-state index in [4.69, 9.17) is 30.8 Å². The molecule has 0 bridgehead atoms. The first-order valence-electron chi connectivity index (χ1n) is 10.9. The van der Waals surface area contributed by atoms with Crippen LogP contribution in [0.4, 0.5) is 0 Å². The number of aromatic nitrogens is 1. The van der Waals surface area contributed by atoms with E-state index in [1.807, 2.05) is 55.5 Å². The van der Waals surface area contributed by atoms with Crippen molar-refractivity contribution in [3.05, 3.63) is 74.9 Å². The van der Waals surface area contributed by atoms with E-state index in [0.717, 1.165) is 32.6 Å². The number of rotatable bonds is 7. The lowest BCUT2D eigenvalue weighted by Gasteiger charge is -2.23. The van der Waals surface area contributed by atoms with Crippen molar-refractivity contribution in [2.75, 3.05) is 27.1 Å². The summed E-state index contributed by atoms with van der Waals surface area (Å²) in [4.78, 5) is 22.0. The Morgan fingerprint density at radius 2 is 1.97 bits per heavy atom. The molecule has 0 fully saturated rings. The lowest BCUT2D eigenvalue weighted by molar-refractivity contribution is 0.0685. The molecular formula is C26H23ClN2O4S. The van der Waals surface area contributed by atoms with Gasteiger partial charge in [0.1, 0.15) is 0 Å². The highest BCUT2D eigenvalue weighted by atomic mass is 35.5. The van der Waals surface area contributed by atoms with Crippen molar-refractivity contribution in [3.63, 3.8) is 0 Å². The van der Waals surface area contributed by atoms with Crippen LogP contribution >= 0.6 is 22.9 Å². The van der Waals surface area contributed by atoms with Crippen LogP contribution in [-0.4, -0.2) is 42.8 Å². The predicted octanol–water partition coefficient (Wildman–Crippen LogP) is 5.94. The number of fused-ring (bicyclic) bond motifs is 2. The van der Waals surface area contributed by atoms with Crippen molar-refractivity contribution in [2.24, 2.45) is 0 Å². The molecule has 2 aromatic heterocycles. The van der Waals surface area contributed by atoms with Crippen molar-refractivity contribution >= 4 is 39.7 Å². The lowest BCUT2D eigenvalue weighted by atomic mass is 10.0. The SMILES string of the molecule is COCCN(Cc1cc2cc3c(cc2nc1-c1cccc(Cl)c1)OCO3)C(=O)c1ccc(C)s1. The molecule has 0 saturated carbocycles. The van der Waals surface area contributed by atoms with Crippen LogP contribution in [-0.2, 0) is 11.3 Å². The Morgan fingerprint density at radius 3 is 2.71 bits per heavy atom. The van der Waals surface area contributed by atoms with Crippen molar-refractivity contribution in [1.29, 1.82) is 0 Å². The number of aryl methyl sites for hydroxylation is 1. The summed E-state index contributed by atoms with van der Waals surface area (Å²) < 4.78 is 16.4. The Bertz CT molecular complexity index is 1370. The number of carbonyl (C=O) groups excluding carboxylic acids is 1. The van der Waals surface area contributed by atoms with Crippen LogP contribution in [0, 0.1) is 6.92 Å². The average molecular weight is 495 g/mol. The minimum atomic E-state index is -0.0297. The number of carbonyl (C=O) groups is 1. The first-order valence-corrected chi connectivity index (χ1v) is 12.0. The second kappa shape index (κ2) is 9.62. The molecule has 0 atom stereocenters. The third-order valence-corrected chi connectivity index (χ3v) is 6.87. The molecule has 0 N–H and O–H groups in total. The van der Waals surface area contributed by atoms with Crippen molar-refractivity contribution in [3.8, 4) is 22.8 Å². The number of halogens is 1. The minimum Gasteiger partial charge on any atom is -0.454 e. The maximum absolute atomic E-state index is 13.4. The number of ether oxygens (including phenoxy) is 3. The summed E-state index contributed by atoms with van der Waals surface area (Å²) in [6.07, 6.45) is 0. The Balaban J connectivity index is 1.61. The Morgan fingerprint density at radius 1 is 1.15 bits per heavy atom. The number of pyridine rings is 1. The molecule has 0 unspecified atom stereocenters. The molecule has 4 aromatic rings. The van der Waals surface area contributed by atoms with Gasteiger partial charge in [0, 0.05) is 47.1 Å². The first kappa shape index (κ1) is 22.7.